The average molecular weight is 195 g/mol. The number of anilines is 1. The van der Waals surface area contributed by atoms with E-state index in [4.69, 9.17) is 10.5 Å². The van der Waals surface area contributed by atoms with Crippen molar-refractivity contribution in [2.45, 2.75) is 6.92 Å². The van der Waals surface area contributed by atoms with Crippen molar-refractivity contribution in [1.29, 1.82) is 0 Å². The van der Waals surface area contributed by atoms with E-state index in [0.29, 0.717) is 6.61 Å². The first-order chi connectivity index (χ1) is 6.70. The standard InChI is InChI=1S/C7H9N5O2/c1-2-14-7-10-6-9-5(13)3-4(8)12(6)11-7/h3H,2,8H2,1H3,(H,9,10,11,13). The molecule has 7 nitrogen and oxygen atoms in total. The molecule has 2 rings (SSSR count). The van der Waals surface area contributed by atoms with E-state index in [0.717, 1.165) is 0 Å². The van der Waals surface area contributed by atoms with Crippen molar-refractivity contribution < 1.29 is 4.74 Å². The van der Waals surface area contributed by atoms with E-state index in [2.05, 4.69) is 15.1 Å². The van der Waals surface area contributed by atoms with Crippen LogP contribution in [0.15, 0.2) is 10.9 Å². The highest BCUT2D eigenvalue weighted by molar-refractivity contribution is 5.39. The molecule has 0 atom stereocenters. The SMILES string of the molecule is CCOc1nc2[nH]c(=O)cc(N)n2n1. The van der Waals surface area contributed by atoms with Crippen LogP contribution in [-0.2, 0) is 0 Å². The molecule has 0 saturated heterocycles. The molecule has 0 bridgehead atoms. The van der Waals surface area contributed by atoms with Crippen molar-refractivity contribution in [3.05, 3.63) is 16.4 Å². The second-order valence-corrected chi connectivity index (χ2v) is 2.62. The van der Waals surface area contributed by atoms with E-state index in [1.54, 1.807) is 0 Å². The minimum absolute atomic E-state index is 0.195. The number of nitrogen functional groups attached to an aromatic ring is 1. The molecule has 0 aromatic carbocycles. The first-order valence-corrected chi connectivity index (χ1v) is 4.09. The Hall–Kier alpha value is -2.05. The zero-order valence-corrected chi connectivity index (χ0v) is 7.52. The molecule has 0 amide bonds. The lowest BCUT2D eigenvalue weighted by Crippen LogP contribution is -2.11. The number of rotatable bonds is 2. The minimum Gasteiger partial charge on any atom is -0.463 e. The second-order valence-electron chi connectivity index (χ2n) is 2.62. The number of ether oxygens (including phenoxy) is 1. The second kappa shape index (κ2) is 3.02. The number of hydrogen-bond donors (Lipinski definition) is 2. The number of aromatic amines is 1. The molecule has 0 spiro atoms. The van der Waals surface area contributed by atoms with Gasteiger partial charge in [-0.05, 0) is 6.92 Å². The molecule has 0 radical (unpaired) electrons. The molecule has 0 unspecified atom stereocenters. The number of nitrogens with one attached hydrogen (secondary N) is 1. The number of nitrogens with two attached hydrogens (primary N) is 1. The summed E-state index contributed by atoms with van der Waals surface area (Å²) in [7, 11) is 0. The zero-order valence-electron chi connectivity index (χ0n) is 7.52. The fraction of sp³-hybridized carbons (Fsp3) is 0.286. The summed E-state index contributed by atoms with van der Waals surface area (Å²) in [5.74, 6) is 0.501. The lowest BCUT2D eigenvalue weighted by Gasteiger charge is -1.93. The average Bonchev–Trinajstić information content (AvgIpc) is 2.48. The summed E-state index contributed by atoms with van der Waals surface area (Å²) in [6.45, 7) is 2.28. The Morgan fingerprint density at radius 2 is 2.50 bits per heavy atom. The molecule has 0 aliphatic rings. The first kappa shape index (κ1) is 8.54. The van der Waals surface area contributed by atoms with Crippen molar-refractivity contribution in [3.63, 3.8) is 0 Å². The Morgan fingerprint density at radius 3 is 3.21 bits per heavy atom. The van der Waals surface area contributed by atoms with E-state index in [9.17, 15) is 4.79 Å². The van der Waals surface area contributed by atoms with Gasteiger partial charge in [0.1, 0.15) is 5.82 Å². The molecule has 2 aromatic heterocycles. The van der Waals surface area contributed by atoms with E-state index in [1.807, 2.05) is 6.92 Å². The van der Waals surface area contributed by atoms with Crippen molar-refractivity contribution in [1.82, 2.24) is 19.6 Å². The molecule has 0 aliphatic carbocycles. The molecule has 2 aromatic rings. The van der Waals surface area contributed by atoms with Gasteiger partial charge in [0.2, 0.25) is 5.78 Å². The van der Waals surface area contributed by atoms with Crippen LogP contribution in [0.4, 0.5) is 5.82 Å². The molecule has 7 heteroatoms. The van der Waals surface area contributed by atoms with Crippen LogP contribution in [0, 0.1) is 0 Å². The highest BCUT2D eigenvalue weighted by Gasteiger charge is 2.06. The van der Waals surface area contributed by atoms with Crippen LogP contribution in [-0.4, -0.2) is 26.2 Å². The maximum atomic E-state index is 11.0. The molecule has 0 saturated carbocycles. The van der Waals surface area contributed by atoms with Crippen LogP contribution < -0.4 is 16.0 Å². The fourth-order valence-electron chi connectivity index (χ4n) is 1.09. The van der Waals surface area contributed by atoms with Crippen LogP contribution in [0.2, 0.25) is 0 Å². The largest absolute Gasteiger partial charge is 0.463 e. The van der Waals surface area contributed by atoms with E-state index in [-0.39, 0.29) is 23.2 Å². The van der Waals surface area contributed by atoms with Crippen LogP contribution in [0.5, 0.6) is 6.01 Å². The maximum Gasteiger partial charge on any atom is 0.337 e. The summed E-state index contributed by atoms with van der Waals surface area (Å²) in [6.07, 6.45) is 0. The van der Waals surface area contributed by atoms with E-state index < -0.39 is 0 Å². The topological polar surface area (TPSA) is 98.3 Å². The highest BCUT2D eigenvalue weighted by Crippen LogP contribution is 2.06. The number of fused-ring (bicyclic) bond motifs is 1. The van der Waals surface area contributed by atoms with Crippen molar-refractivity contribution in [2.24, 2.45) is 0 Å². The number of hydrogen-bond acceptors (Lipinski definition) is 5. The fourth-order valence-corrected chi connectivity index (χ4v) is 1.09. The van der Waals surface area contributed by atoms with Gasteiger partial charge in [-0.3, -0.25) is 9.78 Å². The van der Waals surface area contributed by atoms with Gasteiger partial charge in [0.25, 0.3) is 5.56 Å². The zero-order chi connectivity index (χ0) is 10.1. The number of aromatic nitrogens is 4. The Labute approximate surface area is 78.5 Å². The van der Waals surface area contributed by atoms with Crippen molar-refractivity contribution in [3.8, 4) is 6.01 Å². The Kier molecular flexibility index (Phi) is 1.84. The van der Waals surface area contributed by atoms with Gasteiger partial charge in [-0.1, -0.05) is 0 Å². The normalized spacial score (nSPS) is 10.6. The molecule has 14 heavy (non-hydrogen) atoms. The predicted octanol–water partition coefficient (Wildman–Crippen LogP) is -0.602. The Morgan fingerprint density at radius 1 is 1.71 bits per heavy atom. The summed E-state index contributed by atoms with van der Waals surface area (Å²) < 4.78 is 6.38. The number of H-pyrrole nitrogens is 1. The van der Waals surface area contributed by atoms with E-state index in [1.165, 1.54) is 10.6 Å². The van der Waals surface area contributed by atoms with Crippen molar-refractivity contribution >= 4 is 11.6 Å². The first-order valence-electron chi connectivity index (χ1n) is 4.09. The van der Waals surface area contributed by atoms with Crippen LogP contribution in [0.1, 0.15) is 6.92 Å². The van der Waals surface area contributed by atoms with E-state index >= 15 is 0 Å². The van der Waals surface area contributed by atoms with Crippen molar-refractivity contribution in [2.75, 3.05) is 12.3 Å². The smallest absolute Gasteiger partial charge is 0.337 e. The minimum atomic E-state index is -0.314. The summed E-state index contributed by atoms with van der Waals surface area (Å²) in [6, 6.07) is 1.43. The third kappa shape index (κ3) is 1.28. The highest BCUT2D eigenvalue weighted by atomic mass is 16.5. The number of nitrogens with zero attached hydrogens (tertiary/aromatic N) is 3. The summed E-state index contributed by atoms with van der Waals surface area (Å²) in [5, 5.41) is 3.93. The van der Waals surface area contributed by atoms with Gasteiger partial charge in [-0.2, -0.15) is 9.50 Å². The van der Waals surface area contributed by atoms with Crippen LogP contribution in [0.3, 0.4) is 0 Å². The monoisotopic (exact) mass is 195 g/mol. The lowest BCUT2D eigenvalue weighted by atomic mass is 10.6. The predicted molar refractivity (Wildman–Crippen MR) is 49.2 cm³/mol. The molecular weight excluding hydrogens is 186 g/mol. The van der Waals surface area contributed by atoms with Crippen LogP contribution >= 0.6 is 0 Å². The Balaban J connectivity index is 2.64. The quantitative estimate of drug-likeness (QED) is 0.666. The molecular formula is C7H9N5O2. The molecule has 74 valence electrons. The lowest BCUT2D eigenvalue weighted by molar-refractivity contribution is 0.313. The van der Waals surface area contributed by atoms with Gasteiger partial charge in [0.05, 0.1) is 6.61 Å². The van der Waals surface area contributed by atoms with Gasteiger partial charge >= 0.3 is 6.01 Å². The molecule has 0 aliphatic heterocycles. The maximum absolute atomic E-state index is 11.0. The Bertz CT molecular complexity index is 514. The van der Waals surface area contributed by atoms with Gasteiger partial charge in [-0.25, -0.2) is 0 Å². The van der Waals surface area contributed by atoms with Gasteiger partial charge in [0.15, 0.2) is 0 Å². The van der Waals surface area contributed by atoms with Crippen LogP contribution in [0.25, 0.3) is 5.78 Å². The molecule has 3 N–H and O–H groups in total. The third-order valence-electron chi connectivity index (χ3n) is 1.62. The molecule has 0 fully saturated rings. The van der Waals surface area contributed by atoms with Gasteiger partial charge < -0.3 is 10.5 Å². The van der Waals surface area contributed by atoms with Gasteiger partial charge in [-0.15, -0.1) is 5.10 Å². The van der Waals surface area contributed by atoms with Gasteiger partial charge in [0, 0.05) is 6.07 Å². The molecule has 2 heterocycles. The summed E-state index contributed by atoms with van der Waals surface area (Å²) >= 11 is 0. The summed E-state index contributed by atoms with van der Waals surface area (Å²) in [5.41, 5.74) is 5.24. The summed E-state index contributed by atoms with van der Waals surface area (Å²) in [4.78, 5) is 17.4. The third-order valence-corrected chi connectivity index (χ3v) is 1.62.